The van der Waals surface area contributed by atoms with Crippen LogP contribution in [0.4, 0.5) is 28.4 Å². The van der Waals surface area contributed by atoms with Crippen LogP contribution in [0.5, 0.6) is 0 Å². The zero-order chi connectivity index (χ0) is 32.5. The lowest BCUT2D eigenvalue weighted by molar-refractivity contribution is 0.122. The zero-order valence-corrected chi connectivity index (χ0v) is 27.9. The van der Waals surface area contributed by atoms with Crippen LogP contribution in [0.15, 0.2) is 103 Å². The molecule has 0 radical (unpaired) electrons. The van der Waals surface area contributed by atoms with Gasteiger partial charge in [0.1, 0.15) is 0 Å². The molecule has 8 heteroatoms. The molecule has 3 aliphatic heterocycles. The van der Waals surface area contributed by atoms with Crippen LogP contribution in [0, 0.1) is 0 Å². The van der Waals surface area contributed by atoms with Gasteiger partial charge in [-0.15, -0.1) is 0 Å². The predicted molar refractivity (Wildman–Crippen MR) is 195 cm³/mol. The summed E-state index contributed by atoms with van der Waals surface area (Å²) >= 11 is 0. The number of nitrogens with zero attached hydrogens (tertiary/aromatic N) is 4. The Hall–Kier alpha value is -4.50. The molecule has 8 nitrogen and oxygen atoms in total. The summed E-state index contributed by atoms with van der Waals surface area (Å²) in [6, 6.07) is 37.3. The smallest absolute Gasteiger partial charge is 0.151 e. The fraction of sp³-hybridized carbons (Fsp3) is 0.350. The number of anilines is 5. The van der Waals surface area contributed by atoms with E-state index in [-0.39, 0.29) is 0 Å². The molecule has 0 N–H and O–H groups in total. The molecule has 0 spiro atoms. The van der Waals surface area contributed by atoms with E-state index in [2.05, 4.69) is 130 Å². The lowest BCUT2D eigenvalue weighted by atomic mass is 10.0. The molecule has 0 saturated carbocycles. The summed E-state index contributed by atoms with van der Waals surface area (Å²) < 4.78 is 23.5. The van der Waals surface area contributed by atoms with E-state index in [1.165, 1.54) is 17.1 Å². The number of benzene rings is 4. The molecule has 48 heavy (non-hydrogen) atoms. The molecule has 250 valence electrons. The van der Waals surface area contributed by atoms with Crippen molar-refractivity contribution in [3.8, 4) is 0 Å². The normalized spacial score (nSPS) is 17.6. The largest absolute Gasteiger partial charge is 0.491 e. The summed E-state index contributed by atoms with van der Waals surface area (Å²) in [6.45, 7) is 12.5. The molecule has 3 saturated heterocycles. The van der Waals surface area contributed by atoms with Crippen LogP contribution in [0.25, 0.3) is 11.5 Å². The van der Waals surface area contributed by atoms with Crippen molar-refractivity contribution in [2.45, 2.75) is 6.92 Å². The minimum atomic E-state index is 0.538. The van der Waals surface area contributed by atoms with E-state index < -0.39 is 0 Å². The van der Waals surface area contributed by atoms with Crippen LogP contribution < -0.4 is 19.6 Å². The number of rotatable bonds is 10. The molecular formula is C40H46N4O4. The molecule has 3 heterocycles. The lowest BCUT2D eigenvalue weighted by Crippen LogP contribution is -2.36. The van der Waals surface area contributed by atoms with Gasteiger partial charge >= 0.3 is 0 Å². The second kappa shape index (κ2) is 15.6. The molecule has 0 bridgehead atoms. The van der Waals surface area contributed by atoms with Crippen molar-refractivity contribution in [1.29, 1.82) is 0 Å². The third-order valence-electron chi connectivity index (χ3n) is 9.25. The molecule has 3 aliphatic rings. The highest BCUT2D eigenvalue weighted by molar-refractivity contribution is 5.99. The van der Waals surface area contributed by atoms with Crippen molar-refractivity contribution in [2.75, 3.05) is 105 Å². The van der Waals surface area contributed by atoms with E-state index in [9.17, 15) is 0 Å². The van der Waals surface area contributed by atoms with Crippen molar-refractivity contribution in [2.24, 2.45) is 0 Å². The van der Waals surface area contributed by atoms with Crippen LogP contribution >= 0.6 is 0 Å². The SMILES string of the molecule is CCOC(=C(c1ccccc1)N(c1ccc(N2CCOCC2)cc1)c1ccc(N2CCOCC2)cc1)c1ccc(N2CCOCC2)cc1. The first-order valence-electron chi connectivity index (χ1n) is 17.3. The molecule has 0 amide bonds. The van der Waals surface area contributed by atoms with Crippen LogP contribution in [-0.2, 0) is 18.9 Å². The first-order chi connectivity index (χ1) is 23.8. The highest BCUT2D eigenvalue weighted by Gasteiger charge is 2.25. The number of morpholine rings is 3. The average Bonchev–Trinajstić information content (AvgIpc) is 3.18. The fourth-order valence-electron chi connectivity index (χ4n) is 6.71. The topological polar surface area (TPSA) is 49.9 Å². The van der Waals surface area contributed by atoms with Crippen molar-refractivity contribution in [3.63, 3.8) is 0 Å². The molecular weight excluding hydrogens is 600 g/mol. The van der Waals surface area contributed by atoms with Gasteiger partial charge in [-0.05, 0) is 79.7 Å². The fourth-order valence-corrected chi connectivity index (χ4v) is 6.71. The van der Waals surface area contributed by atoms with E-state index in [0.717, 1.165) is 113 Å². The standard InChI is InChI=1S/C40H46N4O4/c1-2-48-40(33-8-10-34(11-9-33)41-20-26-45-27-21-41)39(32-6-4-3-5-7-32)44(37-16-12-35(13-17-37)42-22-28-46-29-23-42)38-18-14-36(15-19-38)43-24-30-47-31-25-43/h3-19H,2,20-31H2,1H3. The van der Waals surface area contributed by atoms with Crippen LogP contribution in [0.3, 0.4) is 0 Å². The average molecular weight is 647 g/mol. The molecule has 0 atom stereocenters. The summed E-state index contributed by atoms with van der Waals surface area (Å²) in [6.07, 6.45) is 0. The quantitative estimate of drug-likeness (QED) is 0.136. The Kier molecular flexibility index (Phi) is 10.4. The second-order valence-corrected chi connectivity index (χ2v) is 12.2. The summed E-state index contributed by atoms with van der Waals surface area (Å²) in [4.78, 5) is 9.52. The summed E-state index contributed by atoms with van der Waals surface area (Å²) in [7, 11) is 0. The van der Waals surface area contributed by atoms with E-state index in [4.69, 9.17) is 18.9 Å². The van der Waals surface area contributed by atoms with E-state index in [1.54, 1.807) is 0 Å². The maximum absolute atomic E-state index is 6.65. The Balaban J connectivity index is 1.35. The Bertz CT molecular complexity index is 1550. The number of hydrogen-bond donors (Lipinski definition) is 0. The van der Waals surface area contributed by atoms with E-state index in [0.29, 0.717) is 6.61 Å². The first kappa shape index (κ1) is 32.1. The van der Waals surface area contributed by atoms with Gasteiger partial charge in [0.2, 0.25) is 0 Å². The molecule has 4 aromatic rings. The number of hydrogen-bond acceptors (Lipinski definition) is 8. The van der Waals surface area contributed by atoms with Crippen molar-refractivity contribution >= 4 is 39.9 Å². The van der Waals surface area contributed by atoms with Gasteiger partial charge in [0.15, 0.2) is 5.76 Å². The Morgan fingerprint density at radius 1 is 0.521 bits per heavy atom. The maximum atomic E-state index is 6.65. The van der Waals surface area contributed by atoms with Crippen molar-refractivity contribution in [1.82, 2.24) is 0 Å². The maximum Gasteiger partial charge on any atom is 0.151 e. The second-order valence-electron chi connectivity index (χ2n) is 12.2. The number of ether oxygens (including phenoxy) is 4. The van der Waals surface area contributed by atoms with Crippen molar-refractivity contribution in [3.05, 3.63) is 114 Å². The van der Waals surface area contributed by atoms with Crippen molar-refractivity contribution < 1.29 is 18.9 Å². The third-order valence-corrected chi connectivity index (χ3v) is 9.25. The van der Waals surface area contributed by atoms with Gasteiger partial charge in [-0.2, -0.15) is 0 Å². The van der Waals surface area contributed by atoms with Crippen LogP contribution in [-0.4, -0.2) is 85.5 Å². The molecule has 3 fully saturated rings. The van der Waals surface area contributed by atoms with E-state index in [1.807, 2.05) is 0 Å². The first-order valence-corrected chi connectivity index (χ1v) is 17.3. The van der Waals surface area contributed by atoms with Gasteiger partial charge in [-0.1, -0.05) is 30.3 Å². The molecule has 4 aromatic carbocycles. The summed E-state index contributed by atoms with van der Waals surface area (Å²) in [5.41, 5.74) is 8.85. The van der Waals surface area contributed by atoms with Gasteiger partial charge in [0.05, 0.1) is 51.9 Å². The zero-order valence-electron chi connectivity index (χ0n) is 27.9. The van der Waals surface area contributed by atoms with E-state index >= 15 is 0 Å². The highest BCUT2D eigenvalue weighted by atomic mass is 16.5. The molecule has 0 aromatic heterocycles. The minimum absolute atomic E-state index is 0.538. The third kappa shape index (κ3) is 7.31. The van der Waals surface area contributed by atoms with Gasteiger partial charge in [-0.25, -0.2) is 0 Å². The Labute approximate surface area is 284 Å². The summed E-state index contributed by atoms with van der Waals surface area (Å²) in [5, 5.41) is 0. The molecule has 0 aliphatic carbocycles. The summed E-state index contributed by atoms with van der Waals surface area (Å²) in [5.74, 6) is 0.840. The van der Waals surface area contributed by atoms with Gasteiger partial charge in [-0.3, -0.25) is 0 Å². The predicted octanol–water partition coefficient (Wildman–Crippen LogP) is 6.90. The van der Waals surface area contributed by atoms with Gasteiger partial charge < -0.3 is 38.5 Å². The molecule has 7 rings (SSSR count). The minimum Gasteiger partial charge on any atom is -0.491 e. The Morgan fingerprint density at radius 2 is 0.917 bits per heavy atom. The Morgan fingerprint density at radius 3 is 1.31 bits per heavy atom. The highest BCUT2D eigenvalue weighted by Crippen LogP contribution is 2.41. The van der Waals surface area contributed by atoms with Gasteiger partial charge in [0, 0.05) is 78.8 Å². The monoisotopic (exact) mass is 646 g/mol. The van der Waals surface area contributed by atoms with Gasteiger partial charge in [0.25, 0.3) is 0 Å². The molecule has 0 unspecified atom stereocenters. The van der Waals surface area contributed by atoms with Crippen LogP contribution in [0.2, 0.25) is 0 Å². The lowest BCUT2D eigenvalue weighted by Gasteiger charge is -2.33. The van der Waals surface area contributed by atoms with Crippen LogP contribution in [0.1, 0.15) is 18.1 Å².